The number of hydrogen-bond donors (Lipinski definition) is 1. The molecule has 2 rings (SSSR count). The van der Waals surface area contributed by atoms with E-state index in [0.29, 0.717) is 11.1 Å². The molecule has 0 saturated heterocycles. The van der Waals surface area contributed by atoms with Crippen LogP contribution < -0.4 is 5.32 Å². The summed E-state index contributed by atoms with van der Waals surface area (Å²) < 4.78 is 1.84. The first-order chi connectivity index (χ1) is 9.65. The van der Waals surface area contributed by atoms with E-state index in [2.05, 4.69) is 48.5 Å². The third-order valence-corrected chi connectivity index (χ3v) is 3.80. The highest BCUT2D eigenvalue weighted by Crippen LogP contribution is 2.21. The van der Waals surface area contributed by atoms with Crippen molar-refractivity contribution in [3.05, 3.63) is 46.7 Å². The molecule has 0 saturated carbocycles. The minimum atomic E-state index is 0.391. The largest absolute Gasteiger partial charge is 0.310 e. The fourth-order valence-electron chi connectivity index (χ4n) is 2.27. The van der Waals surface area contributed by atoms with Gasteiger partial charge in [0, 0.05) is 12.2 Å². The Bertz CT molecular complexity index is 543. The quantitative estimate of drug-likeness (QED) is 0.860. The normalized spacial score (nSPS) is 12.6. The van der Waals surface area contributed by atoms with Gasteiger partial charge in [-0.05, 0) is 44.0 Å². The molecule has 1 heterocycles. The first-order valence-electron chi connectivity index (χ1n) is 7.21. The summed E-state index contributed by atoms with van der Waals surface area (Å²) in [7, 11) is 0. The third-order valence-electron chi connectivity index (χ3n) is 3.43. The first kappa shape index (κ1) is 15.1. The number of hydrogen-bond acceptors (Lipinski definition) is 2. The van der Waals surface area contributed by atoms with Crippen LogP contribution in [0.1, 0.15) is 44.0 Å². The van der Waals surface area contributed by atoms with Crippen molar-refractivity contribution >= 4 is 11.6 Å². The molecule has 1 aromatic carbocycles. The lowest BCUT2D eigenvalue weighted by Gasteiger charge is -2.17. The number of rotatable bonds is 6. The summed E-state index contributed by atoms with van der Waals surface area (Å²) in [5.41, 5.74) is 3.20. The number of nitrogens with one attached hydrogen (secondary N) is 1. The van der Waals surface area contributed by atoms with Gasteiger partial charge in [0.1, 0.15) is 0 Å². The van der Waals surface area contributed by atoms with E-state index in [1.165, 1.54) is 5.56 Å². The van der Waals surface area contributed by atoms with E-state index in [4.69, 9.17) is 11.6 Å². The minimum Gasteiger partial charge on any atom is -0.310 e. The highest BCUT2D eigenvalue weighted by atomic mass is 35.5. The van der Waals surface area contributed by atoms with Crippen LogP contribution in [0.5, 0.6) is 0 Å². The molecule has 1 unspecified atom stereocenters. The molecule has 0 radical (unpaired) electrons. The van der Waals surface area contributed by atoms with Crippen LogP contribution in [0.3, 0.4) is 0 Å². The molecule has 0 aliphatic heterocycles. The first-order valence-corrected chi connectivity index (χ1v) is 7.59. The zero-order valence-electron chi connectivity index (χ0n) is 12.4. The molecule has 1 N–H and O–H groups in total. The van der Waals surface area contributed by atoms with Gasteiger partial charge in [0.05, 0.1) is 16.4 Å². The number of nitrogens with zero attached hydrogens (tertiary/aromatic N) is 2. The Balaban J connectivity index is 2.26. The standard InChI is InChI=1S/C16H22ClN3/c1-4-9-18-16(5-2)13-7-6-8-14(10-13)20-11-15(17)12(3)19-20/h6-8,10-11,16,18H,4-5,9H2,1-3H3. The monoisotopic (exact) mass is 291 g/mol. The fraction of sp³-hybridized carbons (Fsp3) is 0.438. The molecule has 4 heteroatoms. The average molecular weight is 292 g/mol. The zero-order valence-corrected chi connectivity index (χ0v) is 13.1. The second-order valence-corrected chi connectivity index (χ2v) is 5.42. The van der Waals surface area contributed by atoms with Crippen molar-refractivity contribution in [2.75, 3.05) is 6.54 Å². The number of aryl methyl sites for hydroxylation is 1. The van der Waals surface area contributed by atoms with Crippen molar-refractivity contribution in [3.8, 4) is 5.69 Å². The van der Waals surface area contributed by atoms with Crippen LogP contribution in [0.25, 0.3) is 5.69 Å². The number of halogens is 1. The lowest BCUT2D eigenvalue weighted by molar-refractivity contribution is 0.518. The van der Waals surface area contributed by atoms with Gasteiger partial charge >= 0.3 is 0 Å². The molecule has 0 amide bonds. The van der Waals surface area contributed by atoms with Gasteiger partial charge in [0.2, 0.25) is 0 Å². The Morgan fingerprint density at radius 2 is 2.15 bits per heavy atom. The Morgan fingerprint density at radius 1 is 1.35 bits per heavy atom. The van der Waals surface area contributed by atoms with Crippen molar-refractivity contribution in [2.45, 2.75) is 39.7 Å². The van der Waals surface area contributed by atoms with Gasteiger partial charge in [-0.25, -0.2) is 4.68 Å². The number of benzene rings is 1. The molecule has 1 aromatic heterocycles. The van der Waals surface area contributed by atoms with E-state index in [-0.39, 0.29) is 0 Å². The van der Waals surface area contributed by atoms with Crippen LogP contribution in [0.4, 0.5) is 0 Å². The Morgan fingerprint density at radius 3 is 2.75 bits per heavy atom. The average Bonchev–Trinajstić information content (AvgIpc) is 2.80. The SMILES string of the molecule is CCCNC(CC)c1cccc(-n2cc(Cl)c(C)n2)c1. The van der Waals surface area contributed by atoms with E-state index in [1.807, 2.05) is 17.8 Å². The van der Waals surface area contributed by atoms with Crippen molar-refractivity contribution in [2.24, 2.45) is 0 Å². The predicted molar refractivity (Wildman–Crippen MR) is 84.6 cm³/mol. The Hall–Kier alpha value is -1.32. The molecule has 0 spiro atoms. The third kappa shape index (κ3) is 3.41. The summed E-state index contributed by atoms with van der Waals surface area (Å²) in [5, 5.41) is 8.71. The smallest absolute Gasteiger partial charge is 0.0819 e. The van der Waals surface area contributed by atoms with Gasteiger partial charge in [-0.15, -0.1) is 0 Å². The highest BCUT2D eigenvalue weighted by Gasteiger charge is 2.10. The van der Waals surface area contributed by atoms with Gasteiger partial charge in [-0.2, -0.15) is 5.10 Å². The molecule has 0 aliphatic rings. The van der Waals surface area contributed by atoms with Gasteiger partial charge in [-0.3, -0.25) is 0 Å². The van der Waals surface area contributed by atoms with Gasteiger partial charge in [-0.1, -0.05) is 37.6 Å². The summed E-state index contributed by atoms with van der Waals surface area (Å²) >= 11 is 6.08. The maximum atomic E-state index is 6.08. The molecular weight excluding hydrogens is 270 g/mol. The predicted octanol–water partition coefficient (Wildman–Crippen LogP) is 4.28. The lowest BCUT2D eigenvalue weighted by Crippen LogP contribution is -2.21. The second kappa shape index (κ2) is 6.91. The molecule has 1 atom stereocenters. The molecule has 20 heavy (non-hydrogen) atoms. The zero-order chi connectivity index (χ0) is 14.5. The maximum absolute atomic E-state index is 6.08. The van der Waals surface area contributed by atoms with Crippen LogP contribution in [-0.2, 0) is 0 Å². The molecule has 0 aliphatic carbocycles. The van der Waals surface area contributed by atoms with E-state index in [1.54, 1.807) is 0 Å². The molecule has 108 valence electrons. The minimum absolute atomic E-state index is 0.391. The maximum Gasteiger partial charge on any atom is 0.0819 e. The van der Waals surface area contributed by atoms with E-state index in [9.17, 15) is 0 Å². The van der Waals surface area contributed by atoms with Gasteiger partial charge in [0.25, 0.3) is 0 Å². The van der Waals surface area contributed by atoms with Gasteiger partial charge in [0.15, 0.2) is 0 Å². The lowest BCUT2D eigenvalue weighted by atomic mass is 10.0. The summed E-state index contributed by atoms with van der Waals surface area (Å²) in [6.45, 7) is 7.34. The summed E-state index contributed by atoms with van der Waals surface area (Å²) in [4.78, 5) is 0. The second-order valence-electron chi connectivity index (χ2n) is 5.02. The van der Waals surface area contributed by atoms with Crippen LogP contribution >= 0.6 is 11.6 Å². The summed E-state index contributed by atoms with van der Waals surface area (Å²) in [5.74, 6) is 0. The van der Waals surface area contributed by atoms with Crippen molar-refractivity contribution in [1.29, 1.82) is 0 Å². The van der Waals surface area contributed by atoms with Crippen LogP contribution in [-0.4, -0.2) is 16.3 Å². The fourth-order valence-corrected chi connectivity index (χ4v) is 2.40. The summed E-state index contributed by atoms with van der Waals surface area (Å²) in [6, 6.07) is 8.87. The molecule has 3 nitrogen and oxygen atoms in total. The Kier molecular flexibility index (Phi) is 5.21. The van der Waals surface area contributed by atoms with Crippen LogP contribution in [0, 0.1) is 6.92 Å². The van der Waals surface area contributed by atoms with Crippen LogP contribution in [0.2, 0.25) is 5.02 Å². The van der Waals surface area contributed by atoms with Crippen molar-refractivity contribution in [1.82, 2.24) is 15.1 Å². The van der Waals surface area contributed by atoms with E-state index < -0.39 is 0 Å². The van der Waals surface area contributed by atoms with Crippen molar-refractivity contribution in [3.63, 3.8) is 0 Å². The molecule has 0 fully saturated rings. The molecule has 2 aromatic rings. The number of aromatic nitrogens is 2. The van der Waals surface area contributed by atoms with Crippen molar-refractivity contribution < 1.29 is 0 Å². The topological polar surface area (TPSA) is 29.9 Å². The highest BCUT2D eigenvalue weighted by molar-refractivity contribution is 6.31. The van der Waals surface area contributed by atoms with Crippen LogP contribution in [0.15, 0.2) is 30.5 Å². The molecular formula is C16H22ClN3. The van der Waals surface area contributed by atoms with E-state index in [0.717, 1.165) is 30.8 Å². The molecule has 0 bridgehead atoms. The summed E-state index contributed by atoms with van der Waals surface area (Å²) in [6.07, 6.45) is 4.07. The Labute approximate surface area is 126 Å². The van der Waals surface area contributed by atoms with Gasteiger partial charge < -0.3 is 5.32 Å². The van der Waals surface area contributed by atoms with E-state index >= 15 is 0 Å².